The van der Waals surface area contributed by atoms with Crippen LogP contribution in [0.15, 0.2) is 53.4 Å². The molecule has 2 aromatic carbocycles. The topological polar surface area (TPSA) is 0 Å². The third kappa shape index (κ3) is 3.57. The molecule has 0 nitrogen and oxygen atoms in total. The minimum absolute atomic E-state index is 0.704. The molecule has 0 aromatic heterocycles. The van der Waals surface area contributed by atoms with E-state index in [0.29, 0.717) is 5.92 Å². The van der Waals surface area contributed by atoms with Gasteiger partial charge in [-0.15, -0.1) is 12.6 Å². The highest BCUT2D eigenvalue weighted by Gasteiger charge is 2.24. The Bertz CT molecular complexity index is 595. The zero-order valence-electron chi connectivity index (χ0n) is 13.5. The molecule has 1 saturated carbocycles. The third-order valence-electron chi connectivity index (χ3n) is 5.10. The predicted octanol–water partition coefficient (Wildman–Crippen LogP) is 6.72. The van der Waals surface area contributed by atoms with Crippen molar-refractivity contribution in [2.24, 2.45) is 5.92 Å². The molecule has 0 unspecified atom stereocenters. The molecule has 0 saturated heterocycles. The van der Waals surface area contributed by atoms with Gasteiger partial charge in [0.15, 0.2) is 0 Å². The minimum atomic E-state index is 0.704. The van der Waals surface area contributed by atoms with Crippen molar-refractivity contribution in [2.75, 3.05) is 0 Å². The van der Waals surface area contributed by atoms with Crippen molar-refractivity contribution < 1.29 is 0 Å². The number of benzene rings is 2. The Hall–Kier alpha value is -1.21. The zero-order chi connectivity index (χ0) is 15.4. The first-order valence-corrected chi connectivity index (χ1v) is 9.11. The average Bonchev–Trinajstić information content (AvgIpc) is 2.57. The van der Waals surface area contributed by atoms with Crippen LogP contribution in [-0.2, 0) is 0 Å². The molecule has 3 rings (SSSR count). The lowest BCUT2D eigenvalue weighted by Crippen LogP contribution is -2.14. The van der Waals surface area contributed by atoms with Crippen molar-refractivity contribution in [3.05, 3.63) is 54.1 Å². The summed E-state index contributed by atoms with van der Waals surface area (Å²) in [6.07, 6.45) is 8.19. The number of rotatable bonds is 4. The molecular formula is C21H26S. The molecule has 0 radical (unpaired) electrons. The van der Waals surface area contributed by atoms with Crippen molar-refractivity contribution >= 4 is 12.6 Å². The van der Waals surface area contributed by atoms with Crippen molar-refractivity contribution in [3.63, 3.8) is 0 Å². The maximum absolute atomic E-state index is 4.58. The quantitative estimate of drug-likeness (QED) is 0.596. The Kier molecular flexibility index (Phi) is 5.25. The van der Waals surface area contributed by atoms with Gasteiger partial charge < -0.3 is 0 Å². The third-order valence-corrected chi connectivity index (χ3v) is 5.38. The second kappa shape index (κ2) is 7.37. The van der Waals surface area contributed by atoms with Gasteiger partial charge in [-0.3, -0.25) is 0 Å². The minimum Gasteiger partial charge on any atom is -0.143 e. The molecule has 1 aliphatic rings. The number of hydrogen-bond acceptors (Lipinski definition) is 1. The van der Waals surface area contributed by atoms with E-state index in [0.717, 1.165) is 10.8 Å². The van der Waals surface area contributed by atoms with Gasteiger partial charge >= 0.3 is 0 Å². The van der Waals surface area contributed by atoms with E-state index in [-0.39, 0.29) is 0 Å². The van der Waals surface area contributed by atoms with Gasteiger partial charge in [-0.25, -0.2) is 0 Å². The molecule has 0 bridgehead atoms. The molecule has 22 heavy (non-hydrogen) atoms. The molecule has 0 aliphatic heterocycles. The van der Waals surface area contributed by atoms with E-state index in [4.69, 9.17) is 0 Å². The molecule has 0 heterocycles. The zero-order valence-corrected chi connectivity index (χ0v) is 14.4. The van der Waals surface area contributed by atoms with Gasteiger partial charge in [-0.2, -0.15) is 0 Å². The Morgan fingerprint density at radius 1 is 0.955 bits per heavy atom. The lowest BCUT2D eigenvalue weighted by atomic mass is 9.75. The molecule has 1 aliphatic carbocycles. The Morgan fingerprint density at radius 3 is 2.36 bits per heavy atom. The summed E-state index contributed by atoms with van der Waals surface area (Å²) in [6, 6.07) is 17.5. The van der Waals surface area contributed by atoms with Crippen LogP contribution < -0.4 is 0 Å². The van der Waals surface area contributed by atoms with Gasteiger partial charge in [0.25, 0.3) is 0 Å². The SMILES string of the molecule is CCCC1CCC(c2cc(S)ccc2-c2ccccc2)CC1. The second-order valence-electron chi connectivity index (χ2n) is 6.64. The van der Waals surface area contributed by atoms with Crippen molar-refractivity contribution in [2.45, 2.75) is 56.3 Å². The average molecular weight is 311 g/mol. The van der Waals surface area contributed by atoms with Crippen LogP contribution in [0.3, 0.4) is 0 Å². The summed E-state index contributed by atoms with van der Waals surface area (Å²) in [5.41, 5.74) is 4.24. The van der Waals surface area contributed by atoms with Gasteiger partial charge in [-0.05, 0) is 66.3 Å². The van der Waals surface area contributed by atoms with Crippen LogP contribution in [0.5, 0.6) is 0 Å². The van der Waals surface area contributed by atoms with Gasteiger partial charge in [0, 0.05) is 4.90 Å². The molecule has 0 amide bonds. The molecular weight excluding hydrogens is 284 g/mol. The number of thiol groups is 1. The molecule has 116 valence electrons. The normalized spacial score (nSPS) is 21.7. The summed E-state index contributed by atoms with van der Waals surface area (Å²) in [6.45, 7) is 2.31. The molecule has 0 spiro atoms. The van der Waals surface area contributed by atoms with Crippen LogP contribution in [0.25, 0.3) is 11.1 Å². The maximum atomic E-state index is 4.58. The molecule has 1 fully saturated rings. The Balaban J connectivity index is 1.86. The lowest BCUT2D eigenvalue weighted by Gasteiger charge is -2.30. The Morgan fingerprint density at radius 2 is 1.68 bits per heavy atom. The largest absolute Gasteiger partial charge is 0.143 e. The summed E-state index contributed by atoms with van der Waals surface area (Å²) in [5, 5.41) is 0. The standard InChI is InChI=1S/C21H26S/c1-2-6-16-9-11-18(12-10-16)21-15-19(22)13-14-20(21)17-7-4-3-5-8-17/h3-5,7-8,13-16,18,22H,2,6,9-12H2,1H3. The monoisotopic (exact) mass is 310 g/mol. The number of hydrogen-bond donors (Lipinski definition) is 1. The molecule has 1 heteroatoms. The summed E-state index contributed by atoms with van der Waals surface area (Å²) in [5.74, 6) is 1.66. The first-order valence-electron chi connectivity index (χ1n) is 8.66. The van der Waals surface area contributed by atoms with Gasteiger partial charge in [0.1, 0.15) is 0 Å². The fourth-order valence-corrected chi connectivity index (χ4v) is 4.15. The predicted molar refractivity (Wildman–Crippen MR) is 98.7 cm³/mol. The van der Waals surface area contributed by atoms with Crippen molar-refractivity contribution in [1.29, 1.82) is 0 Å². The van der Waals surface area contributed by atoms with E-state index in [2.05, 4.69) is 68.1 Å². The summed E-state index contributed by atoms with van der Waals surface area (Å²) < 4.78 is 0. The van der Waals surface area contributed by atoms with E-state index >= 15 is 0 Å². The van der Waals surface area contributed by atoms with Crippen LogP contribution >= 0.6 is 12.6 Å². The van der Waals surface area contributed by atoms with E-state index in [1.807, 2.05) is 0 Å². The molecule has 0 atom stereocenters. The highest BCUT2D eigenvalue weighted by Crippen LogP contribution is 2.41. The summed E-state index contributed by atoms with van der Waals surface area (Å²) >= 11 is 4.58. The molecule has 0 N–H and O–H groups in total. The van der Waals surface area contributed by atoms with Crippen LogP contribution in [0, 0.1) is 5.92 Å². The van der Waals surface area contributed by atoms with E-state index in [1.54, 1.807) is 0 Å². The van der Waals surface area contributed by atoms with Crippen LogP contribution in [0.1, 0.15) is 56.9 Å². The van der Waals surface area contributed by atoms with Crippen LogP contribution in [0.4, 0.5) is 0 Å². The highest BCUT2D eigenvalue weighted by atomic mass is 32.1. The van der Waals surface area contributed by atoms with Gasteiger partial charge in [-0.1, -0.05) is 56.2 Å². The fraction of sp³-hybridized carbons (Fsp3) is 0.429. The fourth-order valence-electron chi connectivity index (χ4n) is 3.94. The summed E-state index contributed by atoms with van der Waals surface area (Å²) in [4.78, 5) is 1.09. The van der Waals surface area contributed by atoms with Crippen molar-refractivity contribution in [1.82, 2.24) is 0 Å². The van der Waals surface area contributed by atoms with E-state index < -0.39 is 0 Å². The second-order valence-corrected chi connectivity index (χ2v) is 7.16. The van der Waals surface area contributed by atoms with Crippen molar-refractivity contribution in [3.8, 4) is 11.1 Å². The van der Waals surface area contributed by atoms with Gasteiger partial charge in [0.05, 0.1) is 0 Å². The van der Waals surface area contributed by atoms with Crippen LogP contribution in [-0.4, -0.2) is 0 Å². The first kappa shape index (κ1) is 15.7. The van der Waals surface area contributed by atoms with E-state index in [1.165, 1.54) is 55.2 Å². The Labute approximate surface area is 140 Å². The summed E-state index contributed by atoms with van der Waals surface area (Å²) in [7, 11) is 0. The maximum Gasteiger partial charge on any atom is 0.00432 e. The smallest absolute Gasteiger partial charge is 0.00432 e. The van der Waals surface area contributed by atoms with Gasteiger partial charge in [0.2, 0.25) is 0 Å². The lowest BCUT2D eigenvalue weighted by molar-refractivity contribution is 0.308. The van der Waals surface area contributed by atoms with Crippen LogP contribution in [0.2, 0.25) is 0 Å². The highest BCUT2D eigenvalue weighted by molar-refractivity contribution is 7.80. The van der Waals surface area contributed by atoms with E-state index in [9.17, 15) is 0 Å². The first-order chi connectivity index (χ1) is 10.8. The molecule has 2 aromatic rings.